The highest BCUT2D eigenvalue weighted by Crippen LogP contribution is 2.36. The van der Waals surface area contributed by atoms with Crippen LogP contribution in [0.25, 0.3) is 0 Å². The van der Waals surface area contributed by atoms with Gasteiger partial charge in [-0.15, -0.1) is 0 Å². The Bertz CT molecular complexity index is 803. The van der Waals surface area contributed by atoms with Gasteiger partial charge >= 0.3 is 0 Å². The lowest BCUT2D eigenvalue weighted by molar-refractivity contribution is -0.123. The molecule has 2 N–H and O–H groups in total. The van der Waals surface area contributed by atoms with E-state index in [0.29, 0.717) is 22.9 Å². The van der Waals surface area contributed by atoms with Gasteiger partial charge in [0.2, 0.25) is 18.6 Å². The normalized spacial score (nSPS) is 18.1. The molecule has 0 aliphatic carbocycles. The van der Waals surface area contributed by atoms with Crippen LogP contribution in [-0.4, -0.2) is 18.6 Å². The topological polar surface area (TPSA) is 76.7 Å². The van der Waals surface area contributed by atoms with E-state index in [0.717, 1.165) is 5.56 Å². The van der Waals surface area contributed by atoms with Crippen LogP contribution in [0.5, 0.6) is 11.5 Å². The number of ether oxygens (including phenoxy) is 2. The molecule has 2 heterocycles. The fraction of sp³-hybridized carbons (Fsp3) is 0.176. The van der Waals surface area contributed by atoms with Crippen LogP contribution in [-0.2, 0) is 9.59 Å². The van der Waals surface area contributed by atoms with Crippen LogP contribution in [0.2, 0.25) is 0 Å². The van der Waals surface area contributed by atoms with Gasteiger partial charge in [0.25, 0.3) is 0 Å². The molecule has 0 saturated heterocycles. The summed E-state index contributed by atoms with van der Waals surface area (Å²) in [6.45, 7) is 0.183. The van der Waals surface area contributed by atoms with Crippen LogP contribution in [0.4, 0.5) is 11.4 Å². The fourth-order valence-electron chi connectivity index (χ4n) is 2.85. The van der Waals surface area contributed by atoms with Crippen molar-refractivity contribution in [2.45, 2.75) is 12.3 Å². The van der Waals surface area contributed by atoms with Crippen molar-refractivity contribution >= 4 is 23.2 Å². The summed E-state index contributed by atoms with van der Waals surface area (Å²) in [6, 6.07) is 12.6. The maximum Gasteiger partial charge on any atom is 0.232 e. The van der Waals surface area contributed by atoms with E-state index in [9.17, 15) is 9.59 Å². The summed E-state index contributed by atoms with van der Waals surface area (Å²) < 4.78 is 10.5. The zero-order chi connectivity index (χ0) is 15.8. The molecule has 0 saturated carbocycles. The monoisotopic (exact) mass is 310 g/mol. The fourth-order valence-corrected chi connectivity index (χ4v) is 2.85. The summed E-state index contributed by atoms with van der Waals surface area (Å²) >= 11 is 0. The molecule has 116 valence electrons. The first-order valence-corrected chi connectivity index (χ1v) is 7.30. The van der Waals surface area contributed by atoms with Gasteiger partial charge in [-0.25, -0.2) is 0 Å². The average Bonchev–Trinajstić information content (AvgIpc) is 3.01. The molecule has 6 nitrogen and oxygen atoms in total. The summed E-state index contributed by atoms with van der Waals surface area (Å²) in [7, 11) is 0. The Kier molecular flexibility index (Phi) is 3.15. The van der Waals surface area contributed by atoms with Gasteiger partial charge in [-0.3, -0.25) is 9.59 Å². The minimum Gasteiger partial charge on any atom is -0.454 e. The number of nitrogens with one attached hydrogen (secondary N) is 2. The Hall–Kier alpha value is -3.02. The first-order chi connectivity index (χ1) is 11.2. The number of benzene rings is 2. The van der Waals surface area contributed by atoms with Crippen molar-refractivity contribution in [1.29, 1.82) is 0 Å². The van der Waals surface area contributed by atoms with Crippen molar-refractivity contribution in [2.75, 3.05) is 17.4 Å². The molecule has 6 heteroatoms. The van der Waals surface area contributed by atoms with Crippen LogP contribution >= 0.6 is 0 Å². The van der Waals surface area contributed by atoms with Crippen molar-refractivity contribution < 1.29 is 19.1 Å². The number of hydrogen-bond donors (Lipinski definition) is 2. The SMILES string of the molecule is O=C1C[C@@H](C(=O)Nc2ccc3c(c2)OCO3)c2ccccc2N1. The average molecular weight is 310 g/mol. The van der Waals surface area contributed by atoms with E-state index in [1.165, 1.54) is 0 Å². The van der Waals surface area contributed by atoms with Crippen molar-refractivity contribution in [1.82, 2.24) is 0 Å². The van der Waals surface area contributed by atoms with E-state index in [2.05, 4.69) is 10.6 Å². The van der Waals surface area contributed by atoms with Crippen LogP contribution in [0.3, 0.4) is 0 Å². The number of rotatable bonds is 2. The molecule has 23 heavy (non-hydrogen) atoms. The summed E-state index contributed by atoms with van der Waals surface area (Å²) in [4.78, 5) is 24.4. The summed E-state index contributed by atoms with van der Waals surface area (Å²) in [6.07, 6.45) is 0.132. The summed E-state index contributed by atoms with van der Waals surface area (Å²) in [5.41, 5.74) is 2.13. The molecule has 2 aromatic carbocycles. The smallest absolute Gasteiger partial charge is 0.232 e. The van der Waals surface area contributed by atoms with E-state index >= 15 is 0 Å². The lowest BCUT2D eigenvalue weighted by Crippen LogP contribution is -2.30. The minimum absolute atomic E-state index is 0.132. The van der Waals surface area contributed by atoms with Gasteiger partial charge in [-0.05, 0) is 23.8 Å². The highest BCUT2D eigenvalue weighted by Gasteiger charge is 2.30. The van der Waals surface area contributed by atoms with E-state index in [-0.39, 0.29) is 25.0 Å². The molecule has 4 rings (SSSR count). The van der Waals surface area contributed by atoms with Crippen LogP contribution in [0.1, 0.15) is 17.9 Å². The predicted octanol–water partition coefficient (Wildman–Crippen LogP) is 2.48. The van der Waals surface area contributed by atoms with Gasteiger partial charge in [0.05, 0.1) is 5.92 Å². The zero-order valence-corrected chi connectivity index (χ0v) is 12.2. The van der Waals surface area contributed by atoms with E-state index in [1.807, 2.05) is 18.2 Å². The Morgan fingerprint density at radius 2 is 1.96 bits per heavy atom. The molecule has 2 aliphatic rings. The molecule has 0 aromatic heterocycles. The van der Waals surface area contributed by atoms with Crippen molar-refractivity contribution in [2.24, 2.45) is 0 Å². The molecule has 1 atom stereocenters. The highest BCUT2D eigenvalue weighted by molar-refractivity contribution is 6.05. The molecule has 2 amide bonds. The van der Waals surface area contributed by atoms with Crippen molar-refractivity contribution in [3.8, 4) is 11.5 Å². The standard InChI is InChI=1S/C17H14N2O4/c20-16-8-12(11-3-1-2-4-13(11)19-16)17(21)18-10-5-6-14-15(7-10)23-9-22-14/h1-7,12H,8-9H2,(H,18,21)(H,19,20)/t12-/m1/s1. The molecule has 0 fully saturated rings. The van der Waals surface area contributed by atoms with Gasteiger partial charge in [0, 0.05) is 23.9 Å². The number of fused-ring (bicyclic) bond motifs is 2. The first kappa shape index (κ1) is 13.6. The summed E-state index contributed by atoms with van der Waals surface area (Å²) in [5.74, 6) is 0.376. The quantitative estimate of drug-likeness (QED) is 0.893. The molecule has 0 bridgehead atoms. The van der Waals surface area contributed by atoms with Crippen molar-refractivity contribution in [3.05, 3.63) is 48.0 Å². The second-order valence-corrected chi connectivity index (χ2v) is 5.45. The van der Waals surface area contributed by atoms with E-state index < -0.39 is 5.92 Å². The van der Waals surface area contributed by atoms with Gasteiger partial charge in [-0.2, -0.15) is 0 Å². The third-order valence-corrected chi connectivity index (χ3v) is 3.96. The van der Waals surface area contributed by atoms with Gasteiger partial charge < -0.3 is 20.1 Å². The van der Waals surface area contributed by atoms with Crippen LogP contribution < -0.4 is 20.1 Å². The lowest BCUT2D eigenvalue weighted by Gasteiger charge is -2.24. The van der Waals surface area contributed by atoms with E-state index in [4.69, 9.17) is 9.47 Å². The molecule has 0 spiro atoms. The Morgan fingerprint density at radius 1 is 1.13 bits per heavy atom. The number of amides is 2. The molecular weight excluding hydrogens is 296 g/mol. The zero-order valence-electron chi connectivity index (χ0n) is 12.2. The molecular formula is C17H14N2O4. The third kappa shape index (κ3) is 2.48. The van der Waals surface area contributed by atoms with Crippen molar-refractivity contribution in [3.63, 3.8) is 0 Å². The first-order valence-electron chi connectivity index (χ1n) is 7.30. The van der Waals surface area contributed by atoms with E-state index in [1.54, 1.807) is 24.3 Å². The number of carbonyl (C=O) groups is 2. The Balaban J connectivity index is 1.59. The summed E-state index contributed by atoms with van der Waals surface area (Å²) in [5, 5.41) is 5.64. The number of carbonyl (C=O) groups excluding carboxylic acids is 2. The van der Waals surface area contributed by atoms with Gasteiger partial charge in [0.15, 0.2) is 11.5 Å². The lowest BCUT2D eigenvalue weighted by atomic mass is 9.90. The van der Waals surface area contributed by atoms with Crippen LogP contribution in [0.15, 0.2) is 42.5 Å². The third-order valence-electron chi connectivity index (χ3n) is 3.96. The Labute approximate surface area is 132 Å². The predicted molar refractivity (Wildman–Crippen MR) is 83.6 cm³/mol. The second kappa shape index (κ2) is 5.31. The van der Waals surface area contributed by atoms with Gasteiger partial charge in [0.1, 0.15) is 0 Å². The molecule has 2 aliphatic heterocycles. The maximum atomic E-state index is 12.6. The maximum absolute atomic E-state index is 12.6. The molecule has 2 aromatic rings. The highest BCUT2D eigenvalue weighted by atomic mass is 16.7. The molecule has 0 radical (unpaired) electrons. The van der Waals surface area contributed by atoms with Crippen LogP contribution in [0, 0.1) is 0 Å². The Morgan fingerprint density at radius 3 is 2.87 bits per heavy atom. The number of hydrogen-bond acceptors (Lipinski definition) is 4. The second-order valence-electron chi connectivity index (χ2n) is 5.45. The molecule has 0 unspecified atom stereocenters. The minimum atomic E-state index is -0.509. The number of para-hydroxylation sites is 1. The van der Waals surface area contributed by atoms with Gasteiger partial charge in [-0.1, -0.05) is 18.2 Å². The largest absolute Gasteiger partial charge is 0.454 e. The number of anilines is 2.